The zero-order valence-electron chi connectivity index (χ0n) is 17.9. The van der Waals surface area contributed by atoms with Gasteiger partial charge in [0.15, 0.2) is 11.5 Å². The summed E-state index contributed by atoms with van der Waals surface area (Å²) in [5.41, 5.74) is 3.51. The Balaban J connectivity index is 1.60. The topological polar surface area (TPSA) is 86.7 Å². The van der Waals surface area contributed by atoms with Gasteiger partial charge >= 0.3 is 0 Å². The lowest BCUT2D eigenvalue weighted by Crippen LogP contribution is -2.20. The van der Waals surface area contributed by atoms with Gasteiger partial charge in [0.1, 0.15) is 23.9 Å². The second-order valence-corrected chi connectivity index (χ2v) is 6.99. The van der Waals surface area contributed by atoms with E-state index in [9.17, 15) is 4.79 Å². The zero-order valence-corrected chi connectivity index (χ0v) is 17.9. The van der Waals surface area contributed by atoms with Gasteiger partial charge in [-0.15, -0.1) is 0 Å². The van der Waals surface area contributed by atoms with Crippen molar-refractivity contribution in [3.8, 4) is 11.5 Å². The van der Waals surface area contributed by atoms with Crippen LogP contribution in [-0.2, 0) is 17.9 Å². The largest absolute Gasteiger partial charge is 0.493 e. The Morgan fingerprint density at radius 3 is 2.57 bits per heavy atom. The predicted octanol–water partition coefficient (Wildman–Crippen LogP) is 4.42. The first-order valence-electron chi connectivity index (χ1n) is 9.61. The van der Waals surface area contributed by atoms with Gasteiger partial charge in [-0.25, -0.2) is 0 Å². The fraction of sp³-hybridized carbons (Fsp3) is 0.304. The molecule has 3 aromatic rings. The zero-order chi connectivity index (χ0) is 21.7. The molecule has 30 heavy (non-hydrogen) atoms. The number of hydrogen-bond donors (Lipinski definition) is 1. The molecule has 0 spiro atoms. The number of hydrogen-bond acceptors (Lipinski definition) is 6. The molecule has 0 saturated carbocycles. The number of nitrogens with one attached hydrogen (secondary N) is 1. The third-order valence-corrected chi connectivity index (χ3v) is 4.76. The second kappa shape index (κ2) is 9.35. The fourth-order valence-corrected chi connectivity index (χ4v) is 3.04. The van der Waals surface area contributed by atoms with E-state index in [0.29, 0.717) is 24.7 Å². The van der Waals surface area contributed by atoms with Crippen molar-refractivity contribution < 1.29 is 23.2 Å². The molecule has 0 aliphatic heterocycles. The van der Waals surface area contributed by atoms with E-state index in [1.54, 1.807) is 13.2 Å². The monoisotopic (exact) mass is 410 g/mol. The van der Waals surface area contributed by atoms with Crippen molar-refractivity contribution in [1.29, 1.82) is 0 Å². The van der Waals surface area contributed by atoms with Crippen molar-refractivity contribution in [2.24, 2.45) is 0 Å². The Morgan fingerprint density at radius 1 is 1.13 bits per heavy atom. The van der Waals surface area contributed by atoms with Gasteiger partial charge in [0.2, 0.25) is 5.91 Å². The van der Waals surface area contributed by atoms with Crippen LogP contribution in [0, 0.1) is 27.7 Å². The molecule has 158 valence electrons. The number of amides is 1. The van der Waals surface area contributed by atoms with Crippen molar-refractivity contribution in [2.75, 3.05) is 7.11 Å². The standard InChI is InChI=1S/C23H26N2O5/c1-14-10-19(16(3)29-14)12-24-23(26)9-7-18-6-8-21(22(11-18)27-5)28-13-20-15(2)25-30-17(20)4/h6-11H,12-13H2,1-5H3,(H,24,26)/b9-7+. The third kappa shape index (κ3) is 5.11. The molecule has 0 fully saturated rings. The molecule has 1 aromatic carbocycles. The Hall–Kier alpha value is -3.48. The molecule has 0 atom stereocenters. The molecular formula is C23H26N2O5. The minimum absolute atomic E-state index is 0.189. The molecule has 1 N–H and O–H groups in total. The minimum Gasteiger partial charge on any atom is -0.493 e. The second-order valence-electron chi connectivity index (χ2n) is 6.99. The van der Waals surface area contributed by atoms with E-state index in [1.807, 2.05) is 52.0 Å². The normalized spacial score (nSPS) is 11.1. The maximum Gasteiger partial charge on any atom is 0.244 e. The van der Waals surface area contributed by atoms with Crippen LogP contribution in [0.1, 0.15) is 39.7 Å². The fourth-order valence-electron chi connectivity index (χ4n) is 3.04. The first-order valence-corrected chi connectivity index (χ1v) is 9.61. The van der Waals surface area contributed by atoms with Crippen LogP contribution in [0.5, 0.6) is 11.5 Å². The number of nitrogens with zero attached hydrogens (tertiary/aromatic N) is 1. The summed E-state index contributed by atoms with van der Waals surface area (Å²) in [5, 5.41) is 6.78. The summed E-state index contributed by atoms with van der Waals surface area (Å²) in [5.74, 6) is 3.37. The number of carbonyl (C=O) groups excluding carboxylic acids is 1. The molecule has 0 aliphatic rings. The number of furan rings is 1. The van der Waals surface area contributed by atoms with Crippen LogP contribution in [-0.4, -0.2) is 18.2 Å². The highest BCUT2D eigenvalue weighted by Gasteiger charge is 2.12. The van der Waals surface area contributed by atoms with Gasteiger partial charge in [0, 0.05) is 18.2 Å². The number of carbonyl (C=O) groups is 1. The average molecular weight is 410 g/mol. The van der Waals surface area contributed by atoms with E-state index in [2.05, 4.69) is 10.5 Å². The van der Waals surface area contributed by atoms with E-state index < -0.39 is 0 Å². The molecular weight excluding hydrogens is 384 g/mol. The van der Waals surface area contributed by atoms with Crippen LogP contribution in [0.2, 0.25) is 0 Å². The van der Waals surface area contributed by atoms with E-state index in [4.69, 9.17) is 18.4 Å². The molecule has 0 bridgehead atoms. The summed E-state index contributed by atoms with van der Waals surface area (Å²) in [6.45, 7) is 8.25. The average Bonchev–Trinajstić information content (AvgIpc) is 3.23. The molecule has 0 saturated heterocycles. The van der Waals surface area contributed by atoms with Gasteiger partial charge in [-0.1, -0.05) is 11.2 Å². The number of ether oxygens (including phenoxy) is 2. The molecule has 2 aromatic heterocycles. The lowest BCUT2D eigenvalue weighted by molar-refractivity contribution is -0.116. The number of aromatic nitrogens is 1. The van der Waals surface area contributed by atoms with Gasteiger partial charge in [-0.2, -0.15) is 0 Å². The van der Waals surface area contributed by atoms with Crippen molar-refractivity contribution >= 4 is 12.0 Å². The van der Waals surface area contributed by atoms with E-state index in [1.165, 1.54) is 6.08 Å². The summed E-state index contributed by atoms with van der Waals surface area (Å²) in [7, 11) is 1.58. The highest BCUT2D eigenvalue weighted by atomic mass is 16.5. The smallest absolute Gasteiger partial charge is 0.244 e. The Bertz CT molecular complexity index is 1040. The highest BCUT2D eigenvalue weighted by Crippen LogP contribution is 2.30. The van der Waals surface area contributed by atoms with E-state index >= 15 is 0 Å². The molecule has 0 unspecified atom stereocenters. The number of benzene rings is 1. The molecule has 3 rings (SSSR count). The van der Waals surface area contributed by atoms with Gasteiger partial charge in [0.25, 0.3) is 0 Å². The first kappa shape index (κ1) is 21.2. The SMILES string of the molecule is COc1cc(/C=C/C(=O)NCc2cc(C)oc2C)ccc1OCc1c(C)noc1C. The van der Waals surface area contributed by atoms with Crippen molar-refractivity contribution in [3.63, 3.8) is 0 Å². The van der Waals surface area contributed by atoms with Crippen LogP contribution in [0.4, 0.5) is 0 Å². The number of aryl methyl sites for hydroxylation is 4. The molecule has 7 nitrogen and oxygen atoms in total. The van der Waals surface area contributed by atoms with Gasteiger partial charge in [-0.3, -0.25) is 4.79 Å². The van der Waals surface area contributed by atoms with Crippen LogP contribution in [0.15, 0.2) is 39.3 Å². The Labute approximate surface area is 175 Å². The lowest BCUT2D eigenvalue weighted by atomic mass is 10.1. The first-order chi connectivity index (χ1) is 14.4. The predicted molar refractivity (Wildman–Crippen MR) is 112 cm³/mol. The van der Waals surface area contributed by atoms with Crippen molar-refractivity contribution in [2.45, 2.75) is 40.8 Å². The Kier molecular flexibility index (Phi) is 6.61. The quantitative estimate of drug-likeness (QED) is 0.553. The van der Waals surface area contributed by atoms with Crippen molar-refractivity contribution in [1.82, 2.24) is 10.5 Å². The van der Waals surface area contributed by atoms with Gasteiger partial charge < -0.3 is 23.7 Å². The van der Waals surface area contributed by atoms with Crippen LogP contribution < -0.4 is 14.8 Å². The Morgan fingerprint density at radius 2 is 1.93 bits per heavy atom. The van der Waals surface area contributed by atoms with Gasteiger partial charge in [-0.05, 0) is 57.5 Å². The molecule has 1 amide bonds. The summed E-state index contributed by atoms with van der Waals surface area (Å²) in [4.78, 5) is 12.1. The highest BCUT2D eigenvalue weighted by molar-refractivity contribution is 5.91. The lowest BCUT2D eigenvalue weighted by Gasteiger charge is -2.11. The van der Waals surface area contributed by atoms with Crippen LogP contribution in [0.25, 0.3) is 6.08 Å². The summed E-state index contributed by atoms with van der Waals surface area (Å²) >= 11 is 0. The molecule has 0 aliphatic carbocycles. The summed E-state index contributed by atoms with van der Waals surface area (Å²) in [6, 6.07) is 7.41. The van der Waals surface area contributed by atoms with Crippen LogP contribution in [0.3, 0.4) is 0 Å². The maximum atomic E-state index is 12.1. The van der Waals surface area contributed by atoms with Gasteiger partial charge in [0.05, 0.1) is 18.4 Å². The molecule has 0 radical (unpaired) electrons. The van der Waals surface area contributed by atoms with E-state index in [0.717, 1.165) is 39.7 Å². The maximum absolute atomic E-state index is 12.1. The molecule has 7 heteroatoms. The van der Waals surface area contributed by atoms with Crippen molar-refractivity contribution in [3.05, 3.63) is 70.0 Å². The molecule has 2 heterocycles. The number of rotatable bonds is 8. The summed E-state index contributed by atoms with van der Waals surface area (Å²) < 4.78 is 21.9. The van der Waals surface area contributed by atoms with E-state index in [-0.39, 0.29) is 5.91 Å². The van der Waals surface area contributed by atoms with Crippen LogP contribution >= 0.6 is 0 Å². The summed E-state index contributed by atoms with van der Waals surface area (Å²) in [6.07, 6.45) is 3.21. The minimum atomic E-state index is -0.189. The number of methoxy groups -OCH3 is 1. The third-order valence-electron chi connectivity index (χ3n) is 4.76.